The van der Waals surface area contributed by atoms with Crippen LogP contribution in [0.15, 0.2) is 54.6 Å². The third kappa shape index (κ3) is 2.14. The minimum atomic E-state index is -0.375. The van der Waals surface area contributed by atoms with E-state index in [1.165, 1.54) is 0 Å². The van der Waals surface area contributed by atoms with Crippen molar-refractivity contribution in [1.82, 2.24) is 0 Å². The molecule has 3 aromatic carbocycles. The number of nitrogen functional groups attached to an aromatic ring is 2. The van der Waals surface area contributed by atoms with Gasteiger partial charge in [-0.1, -0.05) is 24.3 Å². The van der Waals surface area contributed by atoms with Crippen LogP contribution in [0.2, 0.25) is 0 Å². The summed E-state index contributed by atoms with van der Waals surface area (Å²) in [5.41, 5.74) is 13.8. The maximum atomic E-state index is 11.5. The zero-order valence-corrected chi connectivity index (χ0v) is 11.1. The number of nitro groups is 1. The third-order valence-electron chi connectivity index (χ3n) is 3.45. The standard InChI is InChI=1S/C16H13N3O2/c17-11-6-8-15(18)14(9-11)13-7-5-10-3-1-2-4-12(10)16(13)19(20)21/h1-9H,17-18H2. The summed E-state index contributed by atoms with van der Waals surface area (Å²) in [6.07, 6.45) is 0. The lowest BCUT2D eigenvalue weighted by Crippen LogP contribution is -1.97. The second-order valence-corrected chi connectivity index (χ2v) is 4.79. The van der Waals surface area contributed by atoms with Gasteiger partial charge in [0.2, 0.25) is 0 Å². The molecule has 0 amide bonds. The first-order valence-corrected chi connectivity index (χ1v) is 6.39. The highest BCUT2D eigenvalue weighted by atomic mass is 16.6. The van der Waals surface area contributed by atoms with E-state index in [1.54, 1.807) is 36.4 Å². The van der Waals surface area contributed by atoms with Crippen LogP contribution >= 0.6 is 0 Å². The second-order valence-electron chi connectivity index (χ2n) is 4.79. The molecule has 0 unspecified atom stereocenters. The van der Waals surface area contributed by atoms with Crippen LogP contribution in [-0.4, -0.2) is 4.92 Å². The molecule has 0 atom stereocenters. The van der Waals surface area contributed by atoms with Gasteiger partial charge in [-0.05, 0) is 35.7 Å². The number of fused-ring (bicyclic) bond motifs is 1. The number of nitrogens with two attached hydrogens (primary N) is 2. The summed E-state index contributed by atoms with van der Waals surface area (Å²) < 4.78 is 0. The summed E-state index contributed by atoms with van der Waals surface area (Å²) in [6.45, 7) is 0. The molecule has 0 fully saturated rings. The molecule has 0 saturated carbocycles. The lowest BCUT2D eigenvalue weighted by molar-refractivity contribution is -0.382. The second kappa shape index (κ2) is 4.79. The monoisotopic (exact) mass is 279 g/mol. The molecule has 0 aliphatic rings. The minimum absolute atomic E-state index is 0.0467. The topological polar surface area (TPSA) is 95.2 Å². The molecule has 0 saturated heterocycles. The SMILES string of the molecule is Nc1ccc(N)c(-c2ccc3ccccc3c2[N+](=O)[O-])c1. The molecule has 21 heavy (non-hydrogen) atoms. The minimum Gasteiger partial charge on any atom is -0.399 e. The number of benzene rings is 3. The Hall–Kier alpha value is -3.08. The Morgan fingerprint density at radius 1 is 0.905 bits per heavy atom. The van der Waals surface area contributed by atoms with Crippen molar-refractivity contribution in [1.29, 1.82) is 0 Å². The van der Waals surface area contributed by atoms with Gasteiger partial charge < -0.3 is 11.5 Å². The summed E-state index contributed by atoms with van der Waals surface area (Å²) in [5, 5.41) is 12.9. The maximum Gasteiger partial charge on any atom is 0.285 e. The summed E-state index contributed by atoms with van der Waals surface area (Å²) in [4.78, 5) is 11.2. The van der Waals surface area contributed by atoms with Crippen molar-refractivity contribution in [2.75, 3.05) is 11.5 Å². The predicted octanol–water partition coefficient (Wildman–Crippen LogP) is 3.58. The molecule has 0 bridgehead atoms. The Bertz CT molecular complexity index is 859. The molecule has 0 aliphatic heterocycles. The average Bonchev–Trinajstić information content (AvgIpc) is 2.48. The van der Waals surface area contributed by atoms with Gasteiger partial charge in [-0.25, -0.2) is 0 Å². The fourth-order valence-electron chi connectivity index (χ4n) is 2.48. The van der Waals surface area contributed by atoms with E-state index in [-0.39, 0.29) is 10.6 Å². The number of anilines is 2. The number of hydrogen-bond acceptors (Lipinski definition) is 4. The van der Waals surface area contributed by atoms with Gasteiger partial charge in [0.25, 0.3) is 5.69 Å². The van der Waals surface area contributed by atoms with Crippen LogP contribution in [0, 0.1) is 10.1 Å². The van der Waals surface area contributed by atoms with Gasteiger partial charge in [0, 0.05) is 16.9 Å². The fourth-order valence-corrected chi connectivity index (χ4v) is 2.48. The van der Waals surface area contributed by atoms with Crippen LogP contribution in [0.25, 0.3) is 21.9 Å². The molecule has 104 valence electrons. The third-order valence-corrected chi connectivity index (χ3v) is 3.45. The molecule has 0 spiro atoms. The summed E-state index contributed by atoms with van der Waals surface area (Å²) in [5.74, 6) is 0. The quantitative estimate of drug-likeness (QED) is 0.426. The van der Waals surface area contributed by atoms with Gasteiger partial charge in [0.05, 0.1) is 15.9 Å². The molecular weight excluding hydrogens is 266 g/mol. The van der Waals surface area contributed by atoms with Crippen LogP contribution in [0.1, 0.15) is 0 Å². The lowest BCUT2D eigenvalue weighted by Gasteiger charge is -2.10. The van der Waals surface area contributed by atoms with E-state index in [0.717, 1.165) is 5.39 Å². The predicted molar refractivity (Wildman–Crippen MR) is 84.9 cm³/mol. The van der Waals surface area contributed by atoms with Crippen molar-refractivity contribution in [2.24, 2.45) is 0 Å². The molecule has 0 aromatic heterocycles. The number of nitro benzene ring substituents is 1. The van der Waals surface area contributed by atoms with Crippen LogP contribution in [0.3, 0.4) is 0 Å². The molecule has 0 heterocycles. The van der Waals surface area contributed by atoms with E-state index in [4.69, 9.17) is 11.5 Å². The van der Waals surface area contributed by atoms with Gasteiger partial charge in [-0.2, -0.15) is 0 Å². The first-order valence-electron chi connectivity index (χ1n) is 6.39. The molecule has 0 radical (unpaired) electrons. The number of hydrogen-bond donors (Lipinski definition) is 2. The molecule has 0 aliphatic carbocycles. The first kappa shape index (κ1) is 12.9. The van der Waals surface area contributed by atoms with Crippen molar-refractivity contribution in [3.05, 3.63) is 64.7 Å². The normalized spacial score (nSPS) is 10.7. The van der Waals surface area contributed by atoms with Crippen molar-refractivity contribution >= 4 is 27.8 Å². The van der Waals surface area contributed by atoms with E-state index >= 15 is 0 Å². The van der Waals surface area contributed by atoms with Crippen LogP contribution in [0.5, 0.6) is 0 Å². The molecule has 3 aromatic rings. The molecule has 5 heteroatoms. The van der Waals surface area contributed by atoms with Crippen molar-refractivity contribution in [3.8, 4) is 11.1 Å². The number of rotatable bonds is 2. The summed E-state index contributed by atoms with van der Waals surface area (Å²) >= 11 is 0. The molecule has 4 N–H and O–H groups in total. The molecular formula is C16H13N3O2. The Balaban J connectivity index is 2.40. The zero-order chi connectivity index (χ0) is 15.0. The van der Waals surface area contributed by atoms with E-state index < -0.39 is 0 Å². The van der Waals surface area contributed by atoms with Crippen molar-refractivity contribution < 1.29 is 4.92 Å². The smallest absolute Gasteiger partial charge is 0.285 e. The van der Waals surface area contributed by atoms with Crippen molar-refractivity contribution in [3.63, 3.8) is 0 Å². The Morgan fingerprint density at radius 2 is 1.67 bits per heavy atom. The Labute approximate surface area is 121 Å². The molecule has 3 rings (SSSR count). The lowest BCUT2D eigenvalue weighted by atomic mass is 9.97. The fraction of sp³-hybridized carbons (Fsp3) is 0. The summed E-state index contributed by atoms with van der Waals surface area (Å²) in [7, 11) is 0. The highest BCUT2D eigenvalue weighted by molar-refractivity contribution is 6.00. The molecule has 5 nitrogen and oxygen atoms in total. The zero-order valence-electron chi connectivity index (χ0n) is 11.1. The van der Waals surface area contributed by atoms with Crippen molar-refractivity contribution in [2.45, 2.75) is 0 Å². The maximum absolute atomic E-state index is 11.5. The highest BCUT2D eigenvalue weighted by Crippen LogP contribution is 2.39. The van der Waals surface area contributed by atoms with Gasteiger partial charge in [0.1, 0.15) is 0 Å². The van der Waals surface area contributed by atoms with E-state index in [2.05, 4.69) is 0 Å². The Kier molecular flexibility index (Phi) is 2.95. The largest absolute Gasteiger partial charge is 0.399 e. The van der Waals surface area contributed by atoms with E-state index in [9.17, 15) is 10.1 Å². The first-order chi connectivity index (χ1) is 10.1. The van der Waals surface area contributed by atoms with Crippen LogP contribution in [-0.2, 0) is 0 Å². The van der Waals surface area contributed by atoms with Gasteiger partial charge in [0.15, 0.2) is 0 Å². The van der Waals surface area contributed by atoms with E-state index in [1.807, 2.05) is 18.2 Å². The van der Waals surface area contributed by atoms with Gasteiger partial charge >= 0.3 is 0 Å². The van der Waals surface area contributed by atoms with Gasteiger partial charge in [-0.15, -0.1) is 0 Å². The average molecular weight is 279 g/mol. The number of nitrogens with zero attached hydrogens (tertiary/aromatic N) is 1. The van der Waals surface area contributed by atoms with Crippen LogP contribution in [0.4, 0.5) is 17.1 Å². The highest BCUT2D eigenvalue weighted by Gasteiger charge is 2.20. The van der Waals surface area contributed by atoms with Crippen LogP contribution < -0.4 is 11.5 Å². The summed E-state index contributed by atoms with van der Waals surface area (Å²) in [6, 6.07) is 15.8. The van der Waals surface area contributed by atoms with Gasteiger partial charge in [-0.3, -0.25) is 10.1 Å². The van der Waals surface area contributed by atoms with E-state index in [0.29, 0.717) is 27.9 Å². The Morgan fingerprint density at radius 3 is 2.43 bits per heavy atom.